The monoisotopic (exact) mass is 558 g/mol. The van der Waals surface area contributed by atoms with Gasteiger partial charge in [-0.05, 0) is 73.2 Å². The topological polar surface area (TPSA) is 92.2 Å². The van der Waals surface area contributed by atoms with Crippen LogP contribution in [0, 0.1) is 6.92 Å². The number of rotatable bonds is 4. The van der Waals surface area contributed by atoms with Gasteiger partial charge in [0.25, 0.3) is 5.91 Å². The minimum atomic E-state index is -0.971. The lowest BCUT2D eigenvalue weighted by molar-refractivity contribution is -0.133. The van der Waals surface area contributed by atoms with Crippen LogP contribution in [0.1, 0.15) is 16.1 Å². The number of anilines is 2. The Morgan fingerprint density at radius 3 is 2.24 bits per heavy atom. The van der Waals surface area contributed by atoms with Gasteiger partial charge in [-0.1, -0.05) is 45.2 Å². The van der Waals surface area contributed by atoms with Crippen molar-refractivity contribution in [3.63, 3.8) is 0 Å². The van der Waals surface area contributed by atoms with Crippen LogP contribution in [0.5, 0.6) is 0 Å². The Morgan fingerprint density at radius 1 is 0.824 bits per heavy atom. The van der Waals surface area contributed by atoms with E-state index in [4.69, 9.17) is 23.2 Å². The van der Waals surface area contributed by atoms with E-state index in [0.717, 1.165) is 10.0 Å². The summed E-state index contributed by atoms with van der Waals surface area (Å²) in [6.07, 6.45) is 0. The van der Waals surface area contributed by atoms with Crippen molar-refractivity contribution in [1.29, 1.82) is 0 Å². The molecule has 10 heteroatoms. The molecule has 3 amide bonds. The average Bonchev–Trinajstić information content (AvgIpc) is 3.15. The zero-order chi connectivity index (χ0) is 24.4. The summed E-state index contributed by atoms with van der Waals surface area (Å²) in [6, 6.07) is 18.4. The number of halogens is 3. The van der Waals surface area contributed by atoms with Crippen molar-refractivity contribution >= 4 is 79.1 Å². The molecule has 3 aromatic carbocycles. The third-order valence-electron chi connectivity index (χ3n) is 4.95. The van der Waals surface area contributed by atoms with E-state index in [9.17, 15) is 14.4 Å². The number of fused-ring (bicyclic) bond motifs is 1. The van der Waals surface area contributed by atoms with E-state index in [1.165, 1.54) is 4.68 Å². The fourth-order valence-corrected chi connectivity index (χ4v) is 3.84. The van der Waals surface area contributed by atoms with Crippen molar-refractivity contribution < 1.29 is 14.4 Å². The fourth-order valence-electron chi connectivity index (χ4n) is 3.21. The van der Waals surface area contributed by atoms with Gasteiger partial charge in [0.2, 0.25) is 0 Å². The molecule has 0 aliphatic rings. The van der Waals surface area contributed by atoms with Crippen molar-refractivity contribution in [3.05, 3.63) is 92.5 Å². The van der Waals surface area contributed by atoms with Gasteiger partial charge in [-0.15, -0.1) is 0 Å². The largest absolute Gasteiger partial charge is 0.328 e. The van der Waals surface area contributed by atoms with Crippen LogP contribution in [0.2, 0.25) is 10.0 Å². The molecule has 34 heavy (non-hydrogen) atoms. The molecule has 0 fully saturated rings. The molecule has 0 spiro atoms. The summed E-state index contributed by atoms with van der Waals surface area (Å²) in [7, 11) is 0. The second kappa shape index (κ2) is 9.89. The van der Waals surface area contributed by atoms with Crippen molar-refractivity contribution in [2.24, 2.45) is 0 Å². The first-order chi connectivity index (χ1) is 16.2. The van der Waals surface area contributed by atoms with E-state index in [1.807, 2.05) is 6.92 Å². The lowest BCUT2D eigenvalue weighted by Gasteiger charge is -2.13. The Kier molecular flexibility index (Phi) is 6.92. The van der Waals surface area contributed by atoms with Crippen LogP contribution < -0.4 is 16.1 Å². The summed E-state index contributed by atoms with van der Waals surface area (Å²) in [4.78, 5) is 38.3. The predicted octanol–water partition coefficient (Wildman–Crippen LogP) is 5.98. The number of hydrogen-bond donors (Lipinski definition) is 3. The molecule has 0 saturated carbocycles. The number of hydrogen-bond acceptors (Lipinski definition) is 3. The number of aryl methyl sites for hydroxylation is 1. The molecule has 1 aromatic heterocycles. The van der Waals surface area contributed by atoms with Crippen molar-refractivity contribution in [1.82, 2.24) is 4.68 Å². The Hall–Kier alpha value is -3.33. The van der Waals surface area contributed by atoms with E-state index < -0.39 is 17.7 Å². The van der Waals surface area contributed by atoms with E-state index in [1.54, 1.807) is 66.7 Å². The van der Waals surface area contributed by atoms with Crippen LogP contribution >= 0.6 is 39.1 Å². The molecule has 4 aromatic rings. The van der Waals surface area contributed by atoms with Gasteiger partial charge in [0, 0.05) is 31.3 Å². The second-order valence-electron chi connectivity index (χ2n) is 7.39. The lowest BCUT2D eigenvalue weighted by atomic mass is 10.2. The molecule has 1 heterocycles. The highest BCUT2D eigenvalue weighted by Crippen LogP contribution is 2.24. The van der Waals surface area contributed by atoms with Crippen LogP contribution in [0.25, 0.3) is 10.9 Å². The number of benzene rings is 3. The van der Waals surface area contributed by atoms with Gasteiger partial charge in [0.15, 0.2) is 0 Å². The highest BCUT2D eigenvalue weighted by molar-refractivity contribution is 9.10. The van der Waals surface area contributed by atoms with E-state index in [2.05, 4.69) is 32.0 Å². The number of nitrogens with zero attached hydrogens (tertiary/aromatic N) is 1. The number of nitrogens with one attached hydrogen (secondary N) is 3. The van der Waals surface area contributed by atoms with Gasteiger partial charge in [0.05, 0.1) is 5.52 Å². The van der Waals surface area contributed by atoms with Gasteiger partial charge >= 0.3 is 11.8 Å². The smallest absolute Gasteiger partial charge is 0.321 e. The quantitative estimate of drug-likeness (QED) is 0.268. The first-order valence-corrected chi connectivity index (χ1v) is 11.5. The number of carbonyl (C=O) groups excluding carboxylic acids is 3. The number of carbonyl (C=O) groups is 3. The fraction of sp³-hybridized carbons (Fsp3) is 0.0417. The molecule has 4 rings (SSSR count). The molecule has 0 unspecified atom stereocenters. The van der Waals surface area contributed by atoms with Gasteiger partial charge < -0.3 is 10.6 Å². The molecule has 0 saturated heterocycles. The van der Waals surface area contributed by atoms with Crippen molar-refractivity contribution in [3.8, 4) is 0 Å². The predicted molar refractivity (Wildman–Crippen MR) is 138 cm³/mol. The SMILES string of the molecule is Cc1ccc(NC(=O)C(=O)Nn2c(C(=O)Nc3ccc(Br)cc3)cc3cc(Cl)ccc32)cc1Cl. The molecule has 0 radical (unpaired) electrons. The summed E-state index contributed by atoms with van der Waals surface area (Å²) in [5.74, 6) is -2.38. The van der Waals surface area contributed by atoms with E-state index >= 15 is 0 Å². The maximum absolute atomic E-state index is 13.0. The van der Waals surface area contributed by atoms with Crippen LogP contribution in [-0.4, -0.2) is 22.4 Å². The minimum absolute atomic E-state index is 0.111. The van der Waals surface area contributed by atoms with Gasteiger partial charge in [-0.25, -0.2) is 4.68 Å². The Labute approximate surface area is 213 Å². The van der Waals surface area contributed by atoms with Crippen molar-refractivity contribution in [2.75, 3.05) is 16.1 Å². The highest BCUT2D eigenvalue weighted by atomic mass is 79.9. The highest BCUT2D eigenvalue weighted by Gasteiger charge is 2.21. The number of amides is 3. The molecule has 0 aliphatic heterocycles. The normalized spacial score (nSPS) is 10.7. The Morgan fingerprint density at radius 2 is 1.53 bits per heavy atom. The van der Waals surface area contributed by atoms with Crippen LogP contribution in [-0.2, 0) is 9.59 Å². The minimum Gasteiger partial charge on any atom is -0.321 e. The third-order valence-corrected chi connectivity index (χ3v) is 6.12. The van der Waals surface area contributed by atoms with Crippen LogP contribution in [0.3, 0.4) is 0 Å². The van der Waals surface area contributed by atoms with Crippen molar-refractivity contribution in [2.45, 2.75) is 6.92 Å². The van der Waals surface area contributed by atoms with Crippen LogP contribution in [0.4, 0.5) is 11.4 Å². The first kappa shape index (κ1) is 23.8. The second-order valence-corrected chi connectivity index (χ2v) is 9.15. The van der Waals surface area contributed by atoms with Gasteiger partial charge in [-0.2, -0.15) is 0 Å². The van der Waals surface area contributed by atoms with E-state index in [-0.39, 0.29) is 5.69 Å². The maximum Gasteiger partial charge on any atom is 0.328 e. The Bertz CT molecular complexity index is 1430. The molecule has 0 aliphatic carbocycles. The standard InChI is InChI=1S/C24H17BrCl2N4O3/c1-13-2-6-18(12-19(13)27)29-23(33)24(34)30-31-20-9-5-16(26)10-14(20)11-21(31)22(32)28-17-7-3-15(25)4-8-17/h2-12H,1H3,(H,28,32)(H,29,33)(H,30,34). The number of aromatic nitrogens is 1. The zero-order valence-electron chi connectivity index (χ0n) is 17.7. The summed E-state index contributed by atoms with van der Waals surface area (Å²) >= 11 is 15.5. The van der Waals surface area contributed by atoms with Gasteiger partial charge in [-0.3, -0.25) is 19.8 Å². The summed E-state index contributed by atoms with van der Waals surface area (Å²) in [6.45, 7) is 1.82. The summed E-state index contributed by atoms with van der Waals surface area (Å²) in [5, 5.41) is 6.80. The van der Waals surface area contributed by atoms with E-state index in [0.29, 0.717) is 32.3 Å². The third kappa shape index (κ3) is 5.25. The Balaban J connectivity index is 1.61. The molecule has 3 N–H and O–H groups in total. The molecule has 172 valence electrons. The lowest BCUT2D eigenvalue weighted by Crippen LogP contribution is -2.36. The summed E-state index contributed by atoms with van der Waals surface area (Å²) in [5.41, 5.74) is 4.86. The molecular weight excluding hydrogens is 543 g/mol. The molecule has 0 atom stereocenters. The summed E-state index contributed by atoms with van der Waals surface area (Å²) < 4.78 is 2.12. The van der Waals surface area contributed by atoms with Crippen LogP contribution in [0.15, 0.2) is 71.2 Å². The molecule has 7 nitrogen and oxygen atoms in total. The first-order valence-electron chi connectivity index (χ1n) is 9.97. The average molecular weight is 560 g/mol. The molecular formula is C24H17BrCl2N4O3. The van der Waals surface area contributed by atoms with Gasteiger partial charge in [0.1, 0.15) is 5.69 Å². The zero-order valence-corrected chi connectivity index (χ0v) is 20.8. The maximum atomic E-state index is 13.0. The molecule has 0 bridgehead atoms.